The van der Waals surface area contributed by atoms with Crippen molar-refractivity contribution >= 4 is 40.5 Å². The Labute approximate surface area is 164 Å². The molecule has 0 fully saturated rings. The van der Waals surface area contributed by atoms with E-state index < -0.39 is 17.6 Å². The Bertz CT molecular complexity index is 857. The highest BCUT2D eigenvalue weighted by atomic mass is 35.5. The van der Waals surface area contributed by atoms with Gasteiger partial charge in [0.05, 0.1) is 27.9 Å². The van der Waals surface area contributed by atoms with E-state index in [9.17, 15) is 18.0 Å². The van der Waals surface area contributed by atoms with E-state index in [0.717, 1.165) is 18.2 Å². The van der Waals surface area contributed by atoms with Crippen molar-refractivity contribution in [3.63, 3.8) is 0 Å². The van der Waals surface area contributed by atoms with Gasteiger partial charge in [0, 0.05) is 0 Å². The third kappa shape index (κ3) is 5.83. The van der Waals surface area contributed by atoms with E-state index in [4.69, 9.17) is 28.6 Å². The van der Waals surface area contributed by atoms with Gasteiger partial charge in [-0.2, -0.15) is 13.2 Å². The molecule has 144 valence electrons. The van der Waals surface area contributed by atoms with Crippen molar-refractivity contribution in [3.05, 3.63) is 58.6 Å². The number of anilines is 1. The average molecular weight is 417 g/mol. The molecule has 1 amide bonds. The third-order valence-corrected chi connectivity index (χ3v) is 3.80. The number of carbonyl (C=O) groups excluding carboxylic acids is 1. The van der Waals surface area contributed by atoms with Crippen molar-refractivity contribution in [3.8, 4) is 5.75 Å². The molecule has 2 aromatic rings. The lowest BCUT2D eigenvalue weighted by Crippen LogP contribution is -2.34. The topological polar surface area (TPSA) is 50.4 Å². The standard InChI is InChI=1S/C18H16ClF3N2O2S/c1-10(2)26-15-6-4-3-5-12(15)16(25)24-17(27)23-14-9-11(18(20,21)22)7-8-13(14)19/h3-10H,1-2H3,(H2,23,24,25,27). The molecule has 2 rings (SSSR count). The minimum atomic E-state index is -4.53. The normalized spacial score (nSPS) is 11.2. The van der Waals surface area contributed by atoms with Crippen LogP contribution >= 0.6 is 23.8 Å². The van der Waals surface area contributed by atoms with Gasteiger partial charge in [-0.15, -0.1) is 0 Å². The molecule has 0 aromatic heterocycles. The van der Waals surface area contributed by atoms with Crippen LogP contribution in [0.5, 0.6) is 5.75 Å². The van der Waals surface area contributed by atoms with Crippen molar-refractivity contribution in [2.75, 3.05) is 5.32 Å². The average Bonchev–Trinajstić information content (AvgIpc) is 2.55. The van der Waals surface area contributed by atoms with Crippen molar-refractivity contribution in [2.24, 2.45) is 0 Å². The number of thiocarbonyl (C=S) groups is 1. The molecule has 0 saturated heterocycles. The van der Waals surface area contributed by atoms with Gasteiger partial charge in [0.2, 0.25) is 0 Å². The summed E-state index contributed by atoms with van der Waals surface area (Å²) in [7, 11) is 0. The van der Waals surface area contributed by atoms with Gasteiger partial charge in [0.1, 0.15) is 5.75 Å². The Morgan fingerprint density at radius 2 is 1.85 bits per heavy atom. The number of hydrogen-bond donors (Lipinski definition) is 2. The van der Waals surface area contributed by atoms with E-state index in [2.05, 4.69) is 10.6 Å². The zero-order valence-electron chi connectivity index (χ0n) is 14.4. The predicted molar refractivity (Wildman–Crippen MR) is 102 cm³/mol. The highest BCUT2D eigenvalue weighted by Crippen LogP contribution is 2.33. The van der Waals surface area contributed by atoms with Crippen molar-refractivity contribution < 1.29 is 22.7 Å². The molecule has 0 heterocycles. The van der Waals surface area contributed by atoms with Gasteiger partial charge in [0.15, 0.2) is 5.11 Å². The van der Waals surface area contributed by atoms with E-state index in [1.807, 2.05) is 13.8 Å². The number of hydrogen-bond acceptors (Lipinski definition) is 3. The number of para-hydroxylation sites is 1. The monoisotopic (exact) mass is 416 g/mol. The van der Waals surface area contributed by atoms with Gasteiger partial charge in [-0.05, 0) is 56.4 Å². The lowest BCUT2D eigenvalue weighted by molar-refractivity contribution is -0.137. The lowest BCUT2D eigenvalue weighted by atomic mass is 10.2. The smallest absolute Gasteiger partial charge is 0.416 e. The Hall–Kier alpha value is -2.32. The molecule has 0 aliphatic carbocycles. The molecule has 0 saturated carbocycles. The molecule has 0 unspecified atom stereocenters. The second-order valence-corrected chi connectivity index (χ2v) is 6.58. The molecule has 9 heteroatoms. The number of alkyl halides is 3. The molecule has 0 aliphatic heterocycles. The number of carbonyl (C=O) groups is 1. The van der Waals surface area contributed by atoms with Crippen LogP contribution in [-0.2, 0) is 6.18 Å². The number of halogens is 4. The summed E-state index contributed by atoms with van der Waals surface area (Å²) in [6, 6.07) is 9.33. The van der Waals surface area contributed by atoms with Gasteiger partial charge < -0.3 is 10.1 Å². The van der Waals surface area contributed by atoms with Crippen LogP contribution in [0.25, 0.3) is 0 Å². The Morgan fingerprint density at radius 3 is 2.48 bits per heavy atom. The van der Waals surface area contributed by atoms with Gasteiger partial charge >= 0.3 is 6.18 Å². The maximum atomic E-state index is 12.8. The minimum absolute atomic E-state index is 0.0307. The number of rotatable bonds is 4. The van der Waals surface area contributed by atoms with E-state index in [1.165, 1.54) is 0 Å². The summed E-state index contributed by atoms with van der Waals surface area (Å²) in [5.41, 5.74) is -0.715. The fraction of sp³-hybridized carbons (Fsp3) is 0.222. The van der Waals surface area contributed by atoms with Gasteiger partial charge in [-0.25, -0.2) is 0 Å². The zero-order valence-corrected chi connectivity index (χ0v) is 15.9. The summed E-state index contributed by atoms with van der Waals surface area (Å²) in [5.74, 6) is -0.197. The quantitative estimate of drug-likeness (QED) is 0.666. The van der Waals surface area contributed by atoms with Crippen LogP contribution in [0, 0.1) is 0 Å². The van der Waals surface area contributed by atoms with Gasteiger partial charge in [-0.3, -0.25) is 10.1 Å². The molecule has 2 aromatic carbocycles. The summed E-state index contributed by atoms with van der Waals surface area (Å²) < 4.78 is 44.1. The maximum Gasteiger partial charge on any atom is 0.416 e. The fourth-order valence-electron chi connectivity index (χ4n) is 2.13. The van der Waals surface area contributed by atoms with E-state index in [0.29, 0.717) is 5.75 Å². The zero-order chi connectivity index (χ0) is 20.2. The van der Waals surface area contributed by atoms with Crippen LogP contribution in [0.3, 0.4) is 0 Å². The first-order valence-corrected chi connectivity index (χ1v) is 8.61. The van der Waals surface area contributed by atoms with Crippen LogP contribution in [0.4, 0.5) is 18.9 Å². The van der Waals surface area contributed by atoms with Crippen LogP contribution in [0.1, 0.15) is 29.8 Å². The summed E-state index contributed by atoms with van der Waals surface area (Å²) in [5, 5.41) is 4.75. The molecule has 4 nitrogen and oxygen atoms in total. The first-order valence-electron chi connectivity index (χ1n) is 7.82. The molecule has 0 atom stereocenters. The van der Waals surface area contributed by atoms with Crippen LogP contribution < -0.4 is 15.4 Å². The summed E-state index contributed by atoms with van der Waals surface area (Å²) in [6.45, 7) is 3.63. The number of benzene rings is 2. The lowest BCUT2D eigenvalue weighted by Gasteiger charge is -2.16. The summed E-state index contributed by atoms with van der Waals surface area (Å²) >= 11 is 10.9. The van der Waals surface area contributed by atoms with E-state index in [1.54, 1.807) is 24.3 Å². The SMILES string of the molecule is CC(C)Oc1ccccc1C(=O)NC(=S)Nc1cc(C(F)(F)F)ccc1Cl. The predicted octanol–water partition coefficient (Wildman–Crippen LogP) is 5.27. The van der Waals surface area contributed by atoms with Gasteiger partial charge in [0.25, 0.3) is 5.91 Å². The van der Waals surface area contributed by atoms with Crippen LogP contribution in [0.15, 0.2) is 42.5 Å². The van der Waals surface area contributed by atoms with Crippen molar-refractivity contribution in [1.82, 2.24) is 5.32 Å². The first kappa shape index (κ1) is 21.0. The van der Waals surface area contributed by atoms with Crippen LogP contribution in [-0.4, -0.2) is 17.1 Å². The Morgan fingerprint density at radius 1 is 1.19 bits per heavy atom. The molecule has 0 bridgehead atoms. The largest absolute Gasteiger partial charge is 0.490 e. The first-order chi connectivity index (χ1) is 12.6. The molecule has 0 aliphatic rings. The Balaban J connectivity index is 2.14. The van der Waals surface area contributed by atoms with Crippen molar-refractivity contribution in [1.29, 1.82) is 0 Å². The van der Waals surface area contributed by atoms with Gasteiger partial charge in [-0.1, -0.05) is 23.7 Å². The number of ether oxygens (including phenoxy) is 1. The molecule has 0 spiro atoms. The molecule has 0 radical (unpaired) electrons. The second kappa shape index (κ2) is 8.58. The highest BCUT2D eigenvalue weighted by molar-refractivity contribution is 7.80. The molecule has 2 N–H and O–H groups in total. The maximum absolute atomic E-state index is 12.8. The second-order valence-electron chi connectivity index (χ2n) is 5.76. The third-order valence-electron chi connectivity index (χ3n) is 3.26. The number of amides is 1. The number of nitrogens with one attached hydrogen (secondary N) is 2. The summed E-state index contributed by atoms with van der Waals surface area (Å²) in [4.78, 5) is 12.4. The minimum Gasteiger partial charge on any atom is -0.490 e. The Kier molecular flexibility index (Phi) is 6.67. The molecule has 27 heavy (non-hydrogen) atoms. The van der Waals surface area contributed by atoms with E-state index >= 15 is 0 Å². The fourth-order valence-corrected chi connectivity index (χ4v) is 2.50. The highest BCUT2D eigenvalue weighted by Gasteiger charge is 2.31. The van der Waals surface area contributed by atoms with E-state index in [-0.39, 0.29) is 27.5 Å². The molecular weight excluding hydrogens is 401 g/mol. The van der Waals surface area contributed by atoms with Crippen LogP contribution in [0.2, 0.25) is 5.02 Å². The molecular formula is C18H16ClF3N2O2S. The van der Waals surface area contributed by atoms with Crippen molar-refractivity contribution in [2.45, 2.75) is 26.1 Å². The summed E-state index contributed by atoms with van der Waals surface area (Å²) in [6.07, 6.45) is -4.67.